The Morgan fingerprint density at radius 1 is 1.44 bits per heavy atom. The maximum atomic E-state index is 5.78. The summed E-state index contributed by atoms with van der Waals surface area (Å²) in [5, 5.41) is 5.62. The molecule has 1 aliphatic rings. The van der Waals surface area contributed by atoms with Gasteiger partial charge in [0.05, 0.1) is 5.69 Å². The van der Waals surface area contributed by atoms with Crippen LogP contribution in [0.5, 0.6) is 0 Å². The molecule has 0 aliphatic carbocycles. The maximum Gasteiger partial charge on any atom is 0.150 e. The summed E-state index contributed by atoms with van der Waals surface area (Å²) in [4.78, 5) is 0. The van der Waals surface area contributed by atoms with Crippen LogP contribution in [0.1, 0.15) is 42.4 Å². The molecule has 0 aromatic carbocycles. The van der Waals surface area contributed by atoms with E-state index in [1.165, 1.54) is 24.1 Å². The van der Waals surface area contributed by atoms with E-state index in [4.69, 9.17) is 4.74 Å². The van der Waals surface area contributed by atoms with Gasteiger partial charge in [0.1, 0.15) is 6.23 Å². The fraction of sp³-hybridized carbons (Fsp3) is 0.750. The second-order valence-corrected chi connectivity index (χ2v) is 5.15. The lowest BCUT2D eigenvalue weighted by atomic mass is 10.1. The van der Waals surface area contributed by atoms with Crippen LogP contribution in [0.3, 0.4) is 0 Å². The second kappa shape index (κ2) is 5.32. The lowest BCUT2D eigenvalue weighted by Gasteiger charge is -2.24. The van der Waals surface area contributed by atoms with Crippen LogP contribution in [-0.4, -0.2) is 21.7 Å². The van der Waals surface area contributed by atoms with E-state index in [1.807, 2.05) is 0 Å². The average Bonchev–Trinajstić information content (AvgIpc) is 2.59. The average molecular weight is 287 g/mol. The van der Waals surface area contributed by atoms with Gasteiger partial charge in [0, 0.05) is 17.6 Å². The number of hydrogen-bond acceptors (Lipinski definition) is 2. The molecule has 2 heterocycles. The lowest BCUT2D eigenvalue weighted by Crippen LogP contribution is -2.20. The van der Waals surface area contributed by atoms with Crippen molar-refractivity contribution in [2.24, 2.45) is 0 Å². The number of alkyl halides is 1. The molecular weight excluding hydrogens is 268 g/mol. The summed E-state index contributed by atoms with van der Waals surface area (Å²) in [6.07, 6.45) is 4.73. The van der Waals surface area contributed by atoms with E-state index < -0.39 is 0 Å². The minimum absolute atomic E-state index is 0.163. The molecule has 1 aliphatic heterocycles. The fourth-order valence-electron chi connectivity index (χ4n) is 2.35. The molecule has 0 spiro atoms. The number of halogens is 1. The van der Waals surface area contributed by atoms with Gasteiger partial charge in [-0.25, -0.2) is 4.68 Å². The summed E-state index contributed by atoms with van der Waals surface area (Å²) in [5.74, 6) is 0. The molecule has 0 saturated carbocycles. The third-order valence-corrected chi connectivity index (χ3v) is 3.64. The SMILES string of the molecule is Cc1nn(C2CCCCO2)c(C)c1CCBr. The second-order valence-electron chi connectivity index (χ2n) is 4.35. The van der Waals surface area contributed by atoms with Crippen molar-refractivity contribution in [1.82, 2.24) is 9.78 Å². The summed E-state index contributed by atoms with van der Waals surface area (Å²) in [5.41, 5.74) is 3.78. The zero-order chi connectivity index (χ0) is 11.5. The molecule has 0 amide bonds. The number of aromatic nitrogens is 2. The highest BCUT2D eigenvalue weighted by molar-refractivity contribution is 9.09. The third-order valence-electron chi connectivity index (χ3n) is 3.25. The molecule has 4 heteroatoms. The smallest absolute Gasteiger partial charge is 0.150 e. The molecule has 90 valence electrons. The van der Waals surface area contributed by atoms with Crippen molar-refractivity contribution in [1.29, 1.82) is 0 Å². The van der Waals surface area contributed by atoms with Gasteiger partial charge in [0.15, 0.2) is 0 Å². The number of ether oxygens (including phenoxy) is 1. The van der Waals surface area contributed by atoms with Gasteiger partial charge in [0.2, 0.25) is 0 Å². The Morgan fingerprint density at radius 2 is 2.25 bits per heavy atom. The molecule has 1 aromatic rings. The zero-order valence-corrected chi connectivity index (χ0v) is 11.6. The molecule has 0 radical (unpaired) electrons. The number of rotatable bonds is 3. The molecule has 0 bridgehead atoms. The maximum absolute atomic E-state index is 5.78. The van der Waals surface area contributed by atoms with E-state index in [9.17, 15) is 0 Å². The fourth-order valence-corrected chi connectivity index (χ4v) is 2.75. The molecule has 2 rings (SSSR count). The van der Waals surface area contributed by atoms with Crippen molar-refractivity contribution >= 4 is 15.9 Å². The van der Waals surface area contributed by atoms with E-state index >= 15 is 0 Å². The minimum atomic E-state index is 0.163. The Kier molecular flexibility index (Phi) is 4.03. The third kappa shape index (κ3) is 2.33. The highest BCUT2D eigenvalue weighted by Crippen LogP contribution is 2.26. The number of nitrogens with zero attached hydrogens (tertiary/aromatic N) is 2. The Labute approximate surface area is 105 Å². The number of aryl methyl sites for hydroxylation is 1. The first-order valence-corrected chi connectivity index (χ1v) is 7.08. The van der Waals surface area contributed by atoms with E-state index in [2.05, 4.69) is 39.6 Å². The molecule has 1 saturated heterocycles. The van der Waals surface area contributed by atoms with Gasteiger partial charge in [-0.15, -0.1) is 0 Å². The van der Waals surface area contributed by atoms with E-state index in [0.717, 1.165) is 30.5 Å². The monoisotopic (exact) mass is 286 g/mol. The summed E-state index contributed by atoms with van der Waals surface area (Å²) >= 11 is 3.49. The van der Waals surface area contributed by atoms with Gasteiger partial charge >= 0.3 is 0 Å². The van der Waals surface area contributed by atoms with Crippen LogP contribution in [0.25, 0.3) is 0 Å². The Hall–Kier alpha value is -0.350. The van der Waals surface area contributed by atoms with Crippen molar-refractivity contribution in [3.63, 3.8) is 0 Å². The molecule has 0 N–H and O–H groups in total. The van der Waals surface area contributed by atoms with Crippen LogP contribution >= 0.6 is 15.9 Å². The highest BCUT2D eigenvalue weighted by atomic mass is 79.9. The van der Waals surface area contributed by atoms with E-state index in [1.54, 1.807) is 0 Å². The summed E-state index contributed by atoms with van der Waals surface area (Å²) in [7, 11) is 0. The van der Waals surface area contributed by atoms with Crippen LogP contribution in [-0.2, 0) is 11.2 Å². The lowest BCUT2D eigenvalue weighted by molar-refractivity contribution is -0.0408. The normalized spacial score (nSPS) is 21.3. The molecule has 1 aromatic heterocycles. The standard InChI is InChI=1S/C12H19BrN2O/c1-9-11(6-7-13)10(2)15(14-9)12-5-3-4-8-16-12/h12H,3-8H2,1-2H3. The van der Waals surface area contributed by atoms with Crippen LogP contribution in [0.4, 0.5) is 0 Å². The molecule has 1 atom stereocenters. The zero-order valence-electron chi connectivity index (χ0n) is 10.0. The quantitative estimate of drug-likeness (QED) is 0.799. The van der Waals surface area contributed by atoms with Crippen molar-refractivity contribution < 1.29 is 4.74 Å². The van der Waals surface area contributed by atoms with E-state index in [0.29, 0.717) is 0 Å². The minimum Gasteiger partial charge on any atom is -0.357 e. The van der Waals surface area contributed by atoms with Crippen molar-refractivity contribution in [3.05, 3.63) is 17.0 Å². The molecule has 3 nitrogen and oxygen atoms in total. The first-order valence-electron chi connectivity index (χ1n) is 5.96. The summed E-state index contributed by atoms with van der Waals surface area (Å²) in [6.45, 7) is 5.11. The van der Waals surface area contributed by atoms with Gasteiger partial charge in [-0.3, -0.25) is 0 Å². The van der Waals surface area contributed by atoms with E-state index in [-0.39, 0.29) is 6.23 Å². The van der Waals surface area contributed by atoms with Crippen LogP contribution in [0.15, 0.2) is 0 Å². The van der Waals surface area contributed by atoms with Gasteiger partial charge < -0.3 is 4.74 Å². The molecule has 1 fully saturated rings. The van der Waals surface area contributed by atoms with Crippen LogP contribution in [0.2, 0.25) is 0 Å². The topological polar surface area (TPSA) is 27.1 Å². The summed E-state index contributed by atoms with van der Waals surface area (Å²) in [6, 6.07) is 0. The largest absolute Gasteiger partial charge is 0.357 e. The van der Waals surface area contributed by atoms with Crippen molar-refractivity contribution in [3.8, 4) is 0 Å². The van der Waals surface area contributed by atoms with Gasteiger partial charge in [0.25, 0.3) is 0 Å². The number of hydrogen-bond donors (Lipinski definition) is 0. The Bertz CT molecular complexity index is 356. The van der Waals surface area contributed by atoms with Crippen molar-refractivity contribution in [2.45, 2.75) is 45.8 Å². The first kappa shape index (κ1) is 12.1. The Morgan fingerprint density at radius 3 is 2.88 bits per heavy atom. The summed E-state index contributed by atoms with van der Waals surface area (Å²) < 4.78 is 7.86. The predicted molar refractivity (Wildman–Crippen MR) is 68.0 cm³/mol. The van der Waals surface area contributed by atoms with Crippen LogP contribution < -0.4 is 0 Å². The predicted octanol–water partition coefficient (Wildman–Crippen LogP) is 3.14. The van der Waals surface area contributed by atoms with Crippen molar-refractivity contribution in [2.75, 3.05) is 11.9 Å². The first-order chi connectivity index (χ1) is 7.74. The van der Waals surface area contributed by atoms with Gasteiger partial charge in [-0.1, -0.05) is 15.9 Å². The molecule has 1 unspecified atom stereocenters. The van der Waals surface area contributed by atoms with Gasteiger partial charge in [-0.2, -0.15) is 5.10 Å². The van der Waals surface area contributed by atoms with Crippen LogP contribution in [0, 0.1) is 13.8 Å². The molecular formula is C12H19BrN2O. The van der Waals surface area contributed by atoms with Gasteiger partial charge in [-0.05, 0) is 45.1 Å². The molecule has 16 heavy (non-hydrogen) atoms. The highest BCUT2D eigenvalue weighted by Gasteiger charge is 2.20. The Balaban J connectivity index is 2.23.